The highest BCUT2D eigenvalue weighted by Crippen LogP contribution is 2.33. The minimum atomic E-state index is -3.43. The number of hydrogen-bond donors (Lipinski definition) is 0. The fourth-order valence-corrected chi connectivity index (χ4v) is 5.65. The van der Waals surface area contributed by atoms with Gasteiger partial charge in [-0.15, -0.1) is 24.2 Å². The van der Waals surface area contributed by atoms with E-state index in [9.17, 15) is 17.6 Å². The van der Waals surface area contributed by atoms with Gasteiger partial charge in [0, 0.05) is 36.4 Å². The summed E-state index contributed by atoms with van der Waals surface area (Å²) in [6, 6.07) is 11.2. The number of benzene rings is 2. The monoisotopic (exact) mass is 517 g/mol. The number of aromatic nitrogens is 1. The van der Waals surface area contributed by atoms with E-state index >= 15 is 0 Å². The Balaban J connectivity index is 0.00000363. The summed E-state index contributed by atoms with van der Waals surface area (Å²) in [5.74, 6) is 0.165. The fraction of sp³-hybridized carbons (Fsp3) is 0.333. The van der Waals surface area contributed by atoms with Crippen LogP contribution in [0.25, 0.3) is 10.2 Å². The molecule has 0 saturated heterocycles. The van der Waals surface area contributed by atoms with E-state index in [4.69, 9.17) is 0 Å². The molecule has 0 N–H and O–H groups in total. The number of likely N-dealkylation sites (N-methyl/N-ethyl adjacent to an activating group) is 1. The first-order chi connectivity index (χ1) is 14.6. The van der Waals surface area contributed by atoms with Crippen LogP contribution in [0.2, 0.25) is 0 Å². The third-order valence-corrected chi connectivity index (χ3v) is 7.66. The number of thiazole rings is 1. The molecule has 1 amide bonds. The highest BCUT2D eigenvalue weighted by molar-refractivity contribution is 7.99. The normalized spacial score (nSPS) is 11.5. The maximum absolute atomic E-state index is 13.1. The number of amides is 1. The van der Waals surface area contributed by atoms with E-state index in [1.807, 2.05) is 25.1 Å². The van der Waals surface area contributed by atoms with Gasteiger partial charge in [0.2, 0.25) is 5.91 Å². The van der Waals surface area contributed by atoms with Crippen LogP contribution in [-0.2, 0) is 14.6 Å². The first kappa shape index (κ1) is 26.5. The van der Waals surface area contributed by atoms with Crippen LogP contribution in [0.4, 0.5) is 9.52 Å². The lowest BCUT2D eigenvalue weighted by atomic mass is 10.3. The minimum Gasteiger partial charge on any atom is -0.308 e. The van der Waals surface area contributed by atoms with Crippen molar-refractivity contribution < 1.29 is 17.6 Å². The largest absolute Gasteiger partial charge is 0.308 e. The minimum absolute atomic E-state index is 0. The summed E-state index contributed by atoms with van der Waals surface area (Å²) in [5.41, 5.74) is 0.397. The molecule has 0 radical (unpaired) electrons. The zero-order chi connectivity index (χ0) is 22.6. The molecule has 32 heavy (non-hydrogen) atoms. The van der Waals surface area contributed by atoms with Gasteiger partial charge in [-0.05, 0) is 50.5 Å². The molecule has 0 fully saturated rings. The second kappa shape index (κ2) is 11.4. The molecule has 0 unspecified atom stereocenters. The first-order valence-electron chi connectivity index (χ1n) is 9.58. The lowest BCUT2D eigenvalue weighted by Gasteiger charge is -2.22. The first-order valence-corrected chi connectivity index (χ1v) is 13.3. The highest BCUT2D eigenvalue weighted by atomic mass is 35.5. The lowest BCUT2D eigenvalue weighted by Crippen LogP contribution is -2.36. The standard InChI is InChI=1S/C21H24FN3O3S3.ClH/c1-24(2)12-13-25(19(26)11-14-29-16-9-7-15(22)8-10-16)21-23-20-17(30-21)5-4-6-18(20)31(3,27)28;/h4-10H,11-14H2,1-3H3;1H. The quantitative estimate of drug-likeness (QED) is 0.393. The molecule has 0 saturated carbocycles. The van der Waals surface area contributed by atoms with Crippen LogP contribution in [-0.4, -0.2) is 63.4 Å². The van der Waals surface area contributed by atoms with Crippen molar-refractivity contribution in [2.75, 3.05) is 44.1 Å². The van der Waals surface area contributed by atoms with Crippen LogP contribution in [0, 0.1) is 5.82 Å². The molecule has 3 rings (SSSR count). The van der Waals surface area contributed by atoms with E-state index in [-0.39, 0.29) is 35.4 Å². The number of fused-ring (bicyclic) bond motifs is 1. The van der Waals surface area contributed by atoms with Crippen molar-refractivity contribution in [2.24, 2.45) is 0 Å². The Bertz CT molecular complexity index is 1170. The van der Waals surface area contributed by atoms with Gasteiger partial charge in [-0.25, -0.2) is 17.8 Å². The number of anilines is 1. The van der Waals surface area contributed by atoms with Crippen molar-refractivity contribution in [3.63, 3.8) is 0 Å². The Kier molecular flexibility index (Phi) is 9.47. The molecule has 6 nitrogen and oxygen atoms in total. The van der Waals surface area contributed by atoms with E-state index in [1.54, 1.807) is 23.1 Å². The molecule has 0 atom stereocenters. The molecule has 174 valence electrons. The third-order valence-electron chi connectivity index (χ3n) is 4.47. The number of carbonyl (C=O) groups excluding carboxylic acids is 1. The zero-order valence-electron chi connectivity index (χ0n) is 17.9. The van der Waals surface area contributed by atoms with Gasteiger partial charge in [-0.3, -0.25) is 9.69 Å². The van der Waals surface area contributed by atoms with Gasteiger partial charge in [0.25, 0.3) is 0 Å². The Morgan fingerprint density at radius 2 is 1.81 bits per heavy atom. The van der Waals surface area contributed by atoms with Gasteiger partial charge < -0.3 is 4.90 Å². The molecule has 0 aliphatic heterocycles. The second-order valence-electron chi connectivity index (χ2n) is 7.27. The van der Waals surface area contributed by atoms with Crippen molar-refractivity contribution in [2.45, 2.75) is 16.2 Å². The number of sulfone groups is 1. The van der Waals surface area contributed by atoms with Crippen molar-refractivity contribution >= 4 is 66.6 Å². The number of thioether (sulfide) groups is 1. The molecule has 2 aromatic carbocycles. The van der Waals surface area contributed by atoms with Gasteiger partial charge in [-0.2, -0.15) is 0 Å². The van der Waals surface area contributed by atoms with Crippen LogP contribution >= 0.6 is 35.5 Å². The summed E-state index contributed by atoms with van der Waals surface area (Å²) < 4.78 is 38.0. The van der Waals surface area contributed by atoms with Crippen LogP contribution in [0.3, 0.4) is 0 Å². The molecule has 1 heterocycles. The average molecular weight is 518 g/mol. The number of hydrogen-bond acceptors (Lipinski definition) is 7. The topological polar surface area (TPSA) is 70.6 Å². The SMILES string of the molecule is CN(C)CCN(C(=O)CCSc1ccc(F)cc1)c1nc2c(S(C)(=O)=O)cccc2s1.Cl. The smallest absolute Gasteiger partial charge is 0.229 e. The number of nitrogens with zero attached hydrogens (tertiary/aromatic N) is 3. The molecule has 0 aliphatic rings. The average Bonchev–Trinajstić information content (AvgIpc) is 3.12. The summed E-state index contributed by atoms with van der Waals surface area (Å²) in [4.78, 5) is 22.2. The third kappa shape index (κ3) is 6.89. The molecule has 0 spiro atoms. The Morgan fingerprint density at radius 3 is 2.44 bits per heavy atom. The Morgan fingerprint density at radius 1 is 1.12 bits per heavy atom. The molecule has 1 aromatic heterocycles. The van der Waals surface area contributed by atoms with E-state index in [2.05, 4.69) is 4.98 Å². The summed E-state index contributed by atoms with van der Waals surface area (Å²) >= 11 is 2.79. The molecule has 11 heteroatoms. The zero-order valence-corrected chi connectivity index (χ0v) is 21.2. The van der Waals surface area contributed by atoms with Crippen molar-refractivity contribution in [1.29, 1.82) is 0 Å². The summed E-state index contributed by atoms with van der Waals surface area (Å²) in [5, 5.41) is 0.490. The number of carbonyl (C=O) groups is 1. The summed E-state index contributed by atoms with van der Waals surface area (Å²) in [6.07, 6.45) is 1.44. The lowest BCUT2D eigenvalue weighted by molar-refractivity contribution is -0.118. The number of rotatable bonds is 9. The van der Waals surface area contributed by atoms with E-state index < -0.39 is 9.84 Å². The van der Waals surface area contributed by atoms with Crippen LogP contribution < -0.4 is 4.90 Å². The van der Waals surface area contributed by atoms with Gasteiger partial charge >= 0.3 is 0 Å². The Hall–Kier alpha value is -1.72. The Labute approximate surface area is 202 Å². The van der Waals surface area contributed by atoms with E-state index in [0.717, 1.165) is 15.9 Å². The maximum Gasteiger partial charge on any atom is 0.229 e. The van der Waals surface area contributed by atoms with Crippen molar-refractivity contribution in [3.8, 4) is 0 Å². The van der Waals surface area contributed by atoms with Crippen molar-refractivity contribution in [3.05, 3.63) is 48.3 Å². The van der Waals surface area contributed by atoms with E-state index in [0.29, 0.717) is 29.5 Å². The maximum atomic E-state index is 13.1. The second-order valence-corrected chi connectivity index (χ2v) is 11.4. The van der Waals surface area contributed by atoms with Crippen molar-refractivity contribution in [1.82, 2.24) is 9.88 Å². The van der Waals surface area contributed by atoms with Gasteiger partial charge in [0.1, 0.15) is 11.3 Å². The molecule has 3 aromatic rings. The van der Waals surface area contributed by atoms with E-state index in [1.165, 1.54) is 41.3 Å². The molecule has 0 aliphatic carbocycles. The molecular formula is C21H25ClFN3O3S3. The number of para-hydroxylation sites is 1. The van der Waals surface area contributed by atoms with Gasteiger partial charge in [-0.1, -0.05) is 17.4 Å². The van der Waals surface area contributed by atoms with Crippen LogP contribution in [0.15, 0.2) is 52.3 Å². The predicted octanol–water partition coefficient (Wildman–Crippen LogP) is 4.34. The predicted molar refractivity (Wildman–Crippen MR) is 133 cm³/mol. The molecule has 0 bridgehead atoms. The highest BCUT2D eigenvalue weighted by Gasteiger charge is 2.22. The summed E-state index contributed by atoms with van der Waals surface area (Å²) in [6.45, 7) is 1.09. The summed E-state index contributed by atoms with van der Waals surface area (Å²) in [7, 11) is 0.414. The number of halogens is 2. The van der Waals surface area contributed by atoms with Crippen LogP contribution in [0.5, 0.6) is 0 Å². The van der Waals surface area contributed by atoms with Gasteiger partial charge in [0.05, 0.1) is 9.60 Å². The fourth-order valence-electron chi connectivity index (χ4n) is 2.88. The van der Waals surface area contributed by atoms with Gasteiger partial charge in [0.15, 0.2) is 15.0 Å². The van der Waals surface area contributed by atoms with Crippen LogP contribution in [0.1, 0.15) is 6.42 Å². The molecular weight excluding hydrogens is 493 g/mol.